The van der Waals surface area contributed by atoms with Crippen LogP contribution in [0.25, 0.3) is 11.4 Å². The van der Waals surface area contributed by atoms with Crippen LogP contribution in [0.2, 0.25) is 5.02 Å². The Morgan fingerprint density at radius 2 is 1.86 bits per heavy atom. The highest BCUT2D eigenvalue weighted by Crippen LogP contribution is 2.26. The van der Waals surface area contributed by atoms with Gasteiger partial charge in [0.1, 0.15) is 0 Å². The summed E-state index contributed by atoms with van der Waals surface area (Å²) in [7, 11) is 0. The molecule has 21 heavy (non-hydrogen) atoms. The van der Waals surface area contributed by atoms with Gasteiger partial charge in [-0.2, -0.15) is 4.98 Å². The van der Waals surface area contributed by atoms with Crippen LogP contribution in [-0.2, 0) is 5.75 Å². The zero-order valence-corrected chi connectivity index (χ0v) is 13.0. The summed E-state index contributed by atoms with van der Waals surface area (Å²) in [5.74, 6) is 1.87. The fraction of sp³-hybridized carbons (Fsp3) is 0.125. The highest BCUT2D eigenvalue weighted by atomic mass is 35.5. The molecule has 0 aliphatic carbocycles. The summed E-state index contributed by atoms with van der Waals surface area (Å²) in [5.41, 5.74) is 2.15. The number of hydrogen-bond acceptors (Lipinski definition) is 4. The van der Waals surface area contributed by atoms with Gasteiger partial charge < -0.3 is 4.52 Å². The Hall–Kier alpha value is -1.78. The Kier molecular flexibility index (Phi) is 4.27. The quantitative estimate of drug-likeness (QED) is 0.636. The van der Waals surface area contributed by atoms with Crippen molar-refractivity contribution in [2.75, 3.05) is 0 Å². The minimum atomic E-state index is 0.590. The average molecular weight is 317 g/mol. The first-order valence-electron chi connectivity index (χ1n) is 6.49. The molecule has 2 aromatic carbocycles. The van der Waals surface area contributed by atoms with E-state index in [1.54, 1.807) is 11.8 Å². The van der Waals surface area contributed by atoms with Crippen molar-refractivity contribution in [2.24, 2.45) is 0 Å². The van der Waals surface area contributed by atoms with Crippen LogP contribution < -0.4 is 0 Å². The Morgan fingerprint density at radius 1 is 1.10 bits per heavy atom. The minimum absolute atomic E-state index is 0.590. The van der Waals surface area contributed by atoms with Gasteiger partial charge in [0.25, 0.3) is 0 Å². The van der Waals surface area contributed by atoms with E-state index in [9.17, 15) is 0 Å². The Balaban J connectivity index is 1.71. The number of aryl methyl sites for hydroxylation is 1. The second-order valence-corrected chi connectivity index (χ2v) is 6.03. The topological polar surface area (TPSA) is 38.9 Å². The maximum Gasteiger partial charge on any atom is 0.237 e. The van der Waals surface area contributed by atoms with Gasteiger partial charge in [-0.15, -0.1) is 11.8 Å². The molecule has 0 N–H and O–H groups in total. The molecule has 5 heteroatoms. The van der Waals surface area contributed by atoms with Crippen LogP contribution in [0.1, 0.15) is 11.5 Å². The van der Waals surface area contributed by atoms with E-state index in [1.165, 1.54) is 10.5 Å². The fourth-order valence-corrected chi connectivity index (χ4v) is 2.88. The van der Waals surface area contributed by atoms with Gasteiger partial charge in [0.2, 0.25) is 11.7 Å². The smallest absolute Gasteiger partial charge is 0.237 e. The summed E-state index contributed by atoms with van der Waals surface area (Å²) < 4.78 is 5.30. The Bertz CT molecular complexity index is 740. The molecule has 3 aromatic rings. The number of aromatic nitrogens is 2. The third-order valence-corrected chi connectivity index (χ3v) is 4.43. The lowest BCUT2D eigenvalue weighted by Crippen LogP contribution is -1.84. The van der Waals surface area contributed by atoms with E-state index in [-0.39, 0.29) is 0 Å². The summed E-state index contributed by atoms with van der Waals surface area (Å²) >= 11 is 7.56. The zero-order chi connectivity index (χ0) is 14.7. The van der Waals surface area contributed by atoms with E-state index >= 15 is 0 Å². The largest absolute Gasteiger partial charge is 0.338 e. The van der Waals surface area contributed by atoms with E-state index in [2.05, 4.69) is 29.2 Å². The van der Waals surface area contributed by atoms with Gasteiger partial charge in [0, 0.05) is 15.5 Å². The number of hydrogen-bond donors (Lipinski definition) is 0. The van der Waals surface area contributed by atoms with E-state index in [4.69, 9.17) is 16.1 Å². The third kappa shape index (κ3) is 3.46. The Morgan fingerprint density at radius 3 is 2.62 bits per heavy atom. The van der Waals surface area contributed by atoms with Crippen LogP contribution in [0, 0.1) is 6.92 Å². The highest BCUT2D eigenvalue weighted by Gasteiger charge is 2.09. The molecule has 0 spiro atoms. The molecular weight excluding hydrogens is 304 g/mol. The maximum absolute atomic E-state index is 5.87. The maximum atomic E-state index is 5.87. The molecule has 0 aliphatic heterocycles. The second kappa shape index (κ2) is 6.33. The molecule has 106 valence electrons. The summed E-state index contributed by atoms with van der Waals surface area (Å²) in [6.45, 7) is 2.09. The van der Waals surface area contributed by atoms with Crippen LogP contribution in [0.3, 0.4) is 0 Å². The molecular formula is C16H13ClN2OS. The van der Waals surface area contributed by atoms with E-state index in [0.717, 1.165) is 5.56 Å². The van der Waals surface area contributed by atoms with Crippen LogP contribution in [-0.4, -0.2) is 10.1 Å². The summed E-state index contributed by atoms with van der Waals surface area (Å²) in [6, 6.07) is 15.6. The molecule has 0 saturated carbocycles. The normalized spacial score (nSPS) is 10.8. The van der Waals surface area contributed by atoms with Gasteiger partial charge in [0.15, 0.2) is 0 Å². The number of rotatable bonds is 4. The molecule has 1 aromatic heterocycles. The standard InChI is InChI=1S/C16H13ClN2OS/c1-11-4-2-3-5-14(11)21-10-15-18-16(19-20-15)12-6-8-13(17)9-7-12/h2-9H,10H2,1H3. The number of halogens is 1. The minimum Gasteiger partial charge on any atom is -0.338 e. The Labute approximate surface area is 132 Å². The molecule has 0 saturated heterocycles. The van der Waals surface area contributed by atoms with E-state index in [0.29, 0.717) is 22.5 Å². The van der Waals surface area contributed by atoms with Crippen molar-refractivity contribution in [3.05, 3.63) is 65.0 Å². The van der Waals surface area contributed by atoms with Gasteiger partial charge in [0.05, 0.1) is 5.75 Å². The van der Waals surface area contributed by atoms with Crippen molar-refractivity contribution in [2.45, 2.75) is 17.6 Å². The molecule has 0 atom stereocenters. The van der Waals surface area contributed by atoms with Crippen LogP contribution in [0.15, 0.2) is 57.9 Å². The van der Waals surface area contributed by atoms with Crippen molar-refractivity contribution in [3.63, 3.8) is 0 Å². The summed E-state index contributed by atoms with van der Waals surface area (Å²) in [5, 5.41) is 4.70. The summed E-state index contributed by atoms with van der Waals surface area (Å²) in [6.07, 6.45) is 0. The van der Waals surface area contributed by atoms with Gasteiger partial charge >= 0.3 is 0 Å². The first-order valence-corrected chi connectivity index (χ1v) is 7.86. The molecule has 1 heterocycles. The molecule has 3 nitrogen and oxygen atoms in total. The average Bonchev–Trinajstić information content (AvgIpc) is 2.96. The highest BCUT2D eigenvalue weighted by molar-refractivity contribution is 7.98. The fourth-order valence-electron chi connectivity index (χ4n) is 1.89. The van der Waals surface area contributed by atoms with Gasteiger partial charge in [-0.1, -0.05) is 35.0 Å². The van der Waals surface area contributed by atoms with Crippen molar-refractivity contribution in [1.29, 1.82) is 0 Å². The van der Waals surface area contributed by atoms with E-state index < -0.39 is 0 Å². The lowest BCUT2D eigenvalue weighted by molar-refractivity contribution is 0.391. The van der Waals surface area contributed by atoms with Crippen molar-refractivity contribution >= 4 is 23.4 Å². The molecule has 0 bridgehead atoms. The molecule has 3 rings (SSSR count). The van der Waals surface area contributed by atoms with Crippen molar-refractivity contribution in [1.82, 2.24) is 10.1 Å². The number of nitrogens with zero attached hydrogens (tertiary/aromatic N) is 2. The van der Waals surface area contributed by atoms with Gasteiger partial charge in [-0.25, -0.2) is 0 Å². The zero-order valence-electron chi connectivity index (χ0n) is 11.4. The molecule has 0 radical (unpaired) electrons. The molecule has 0 unspecified atom stereocenters. The first-order chi connectivity index (χ1) is 10.2. The molecule has 0 aliphatic rings. The van der Waals surface area contributed by atoms with Crippen LogP contribution in [0.5, 0.6) is 0 Å². The first kappa shape index (κ1) is 14.2. The SMILES string of the molecule is Cc1ccccc1SCc1nc(-c2ccc(Cl)cc2)no1. The monoisotopic (exact) mass is 316 g/mol. The lowest BCUT2D eigenvalue weighted by atomic mass is 10.2. The van der Waals surface area contributed by atoms with Crippen LogP contribution in [0.4, 0.5) is 0 Å². The van der Waals surface area contributed by atoms with E-state index in [1.807, 2.05) is 36.4 Å². The predicted octanol–water partition coefficient (Wildman–Crippen LogP) is 4.99. The third-order valence-electron chi connectivity index (χ3n) is 3.02. The van der Waals surface area contributed by atoms with Crippen molar-refractivity contribution in [3.8, 4) is 11.4 Å². The lowest BCUT2D eigenvalue weighted by Gasteiger charge is -2.01. The molecule has 0 fully saturated rings. The summed E-state index contributed by atoms with van der Waals surface area (Å²) in [4.78, 5) is 5.64. The second-order valence-electron chi connectivity index (χ2n) is 4.57. The molecule has 0 amide bonds. The number of thioether (sulfide) groups is 1. The number of benzene rings is 2. The van der Waals surface area contributed by atoms with Gasteiger partial charge in [-0.05, 0) is 42.8 Å². The van der Waals surface area contributed by atoms with Gasteiger partial charge in [-0.3, -0.25) is 0 Å². The van der Waals surface area contributed by atoms with Crippen molar-refractivity contribution < 1.29 is 4.52 Å². The predicted molar refractivity (Wildman–Crippen MR) is 85.5 cm³/mol. The van der Waals surface area contributed by atoms with Crippen LogP contribution >= 0.6 is 23.4 Å².